The van der Waals surface area contributed by atoms with Gasteiger partial charge in [-0.2, -0.15) is 0 Å². The first kappa shape index (κ1) is 15.8. The van der Waals surface area contributed by atoms with Crippen molar-refractivity contribution in [2.75, 3.05) is 47.9 Å². The van der Waals surface area contributed by atoms with Crippen molar-refractivity contribution in [1.29, 1.82) is 0 Å². The van der Waals surface area contributed by atoms with E-state index in [0.717, 1.165) is 18.9 Å². The molecule has 0 saturated carbocycles. The number of hydrogen-bond donors (Lipinski definition) is 1. The number of pyridine rings is 1. The maximum Gasteiger partial charge on any atom is 0.321 e. The standard InChI is InChI=1S/C14H22N4O2S/c1-3-17(4-2)13-6-5-12(11-15-13)16-14(19)18-7-9-21(20)10-8-18/h5-6,11H,3-4,7-10H2,1-2H3,(H,16,19). The second kappa shape index (κ2) is 7.40. The van der Waals surface area contributed by atoms with Gasteiger partial charge in [0.15, 0.2) is 0 Å². The molecule has 1 N–H and O–H groups in total. The van der Waals surface area contributed by atoms with Gasteiger partial charge in [-0.15, -0.1) is 0 Å². The Morgan fingerprint density at radius 3 is 2.52 bits per heavy atom. The average Bonchev–Trinajstić information content (AvgIpc) is 2.51. The van der Waals surface area contributed by atoms with Gasteiger partial charge >= 0.3 is 6.03 Å². The van der Waals surface area contributed by atoms with Crippen molar-refractivity contribution in [2.45, 2.75) is 13.8 Å². The predicted molar refractivity (Wildman–Crippen MR) is 86.3 cm³/mol. The Labute approximate surface area is 128 Å². The second-order valence-electron chi connectivity index (χ2n) is 4.84. The number of urea groups is 1. The molecule has 1 saturated heterocycles. The van der Waals surface area contributed by atoms with Crippen molar-refractivity contribution < 1.29 is 9.00 Å². The summed E-state index contributed by atoms with van der Waals surface area (Å²) in [5.41, 5.74) is 0.683. The highest BCUT2D eigenvalue weighted by atomic mass is 32.2. The van der Waals surface area contributed by atoms with Gasteiger partial charge < -0.3 is 15.1 Å². The van der Waals surface area contributed by atoms with E-state index < -0.39 is 10.8 Å². The highest BCUT2D eigenvalue weighted by Crippen LogP contribution is 2.14. The Kier molecular flexibility index (Phi) is 5.55. The Morgan fingerprint density at radius 1 is 1.33 bits per heavy atom. The largest absolute Gasteiger partial charge is 0.357 e. The van der Waals surface area contributed by atoms with Crippen molar-refractivity contribution in [1.82, 2.24) is 9.88 Å². The zero-order chi connectivity index (χ0) is 15.2. The van der Waals surface area contributed by atoms with Gasteiger partial charge in [-0.05, 0) is 26.0 Å². The summed E-state index contributed by atoms with van der Waals surface area (Å²) in [7, 11) is -0.774. The molecule has 1 aromatic rings. The first-order valence-electron chi connectivity index (χ1n) is 7.26. The molecule has 0 unspecified atom stereocenters. The van der Waals surface area contributed by atoms with Crippen molar-refractivity contribution >= 4 is 28.3 Å². The van der Waals surface area contributed by atoms with Crippen molar-refractivity contribution in [2.24, 2.45) is 0 Å². The molecule has 116 valence electrons. The summed E-state index contributed by atoms with van der Waals surface area (Å²) in [5, 5.41) is 2.84. The molecule has 1 aromatic heterocycles. The van der Waals surface area contributed by atoms with Crippen molar-refractivity contribution in [3.8, 4) is 0 Å². The molecule has 0 aliphatic carbocycles. The van der Waals surface area contributed by atoms with Crippen LogP contribution in [0.4, 0.5) is 16.3 Å². The van der Waals surface area contributed by atoms with Gasteiger partial charge in [-0.3, -0.25) is 4.21 Å². The van der Waals surface area contributed by atoms with Gasteiger partial charge in [0.25, 0.3) is 0 Å². The lowest BCUT2D eigenvalue weighted by atomic mass is 10.3. The summed E-state index contributed by atoms with van der Waals surface area (Å²) in [6, 6.07) is 3.62. The molecule has 21 heavy (non-hydrogen) atoms. The lowest BCUT2D eigenvalue weighted by Gasteiger charge is -2.26. The number of nitrogens with one attached hydrogen (secondary N) is 1. The van der Waals surface area contributed by atoms with E-state index >= 15 is 0 Å². The predicted octanol–water partition coefficient (Wildman–Crippen LogP) is 1.52. The van der Waals surface area contributed by atoms with E-state index in [1.54, 1.807) is 11.1 Å². The van der Waals surface area contributed by atoms with Crippen LogP contribution in [0.2, 0.25) is 0 Å². The lowest BCUT2D eigenvalue weighted by molar-refractivity contribution is 0.216. The van der Waals surface area contributed by atoms with Gasteiger partial charge in [0.05, 0.1) is 11.9 Å². The Balaban J connectivity index is 1.93. The highest BCUT2D eigenvalue weighted by molar-refractivity contribution is 7.85. The lowest BCUT2D eigenvalue weighted by Crippen LogP contribution is -2.44. The van der Waals surface area contributed by atoms with Crippen molar-refractivity contribution in [3.05, 3.63) is 18.3 Å². The van der Waals surface area contributed by atoms with Crippen molar-refractivity contribution in [3.63, 3.8) is 0 Å². The first-order valence-corrected chi connectivity index (χ1v) is 8.74. The Bertz CT molecular complexity index is 492. The molecular weight excluding hydrogens is 288 g/mol. The summed E-state index contributed by atoms with van der Waals surface area (Å²) >= 11 is 0. The maximum absolute atomic E-state index is 12.1. The summed E-state index contributed by atoms with van der Waals surface area (Å²) < 4.78 is 11.3. The number of hydrogen-bond acceptors (Lipinski definition) is 4. The van der Waals surface area contributed by atoms with E-state index in [0.29, 0.717) is 30.3 Å². The zero-order valence-electron chi connectivity index (χ0n) is 12.5. The van der Waals surface area contributed by atoms with Crippen LogP contribution in [0.5, 0.6) is 0 Å². The third-order valence-electron chi connectivity index (χ3n) is 3.55. The number of carbonyl (C=O) groups is 1. The van der Waals surface area contributed by atoms with Crippen LogP contribution in [0.3, 0.4) is 0 Å². The minimum absolute atomic E-state index is 0.149. The fourth-order valence-electron chi connectivity index (χ4n) is 2.24. The van der Waals surface area contributed by atoms with Gasteiger partial charge in [0.2, 0.25) is 0 Å². The molecule has 0 atom stereocenters. The van der Waals surface area contributed by atoms with Gasteiger partial charge in [-0.25, -0.2) is 9.78 Å². The van der Waals surface area contributed by atoms with Gasteiger partial charge in [-0.1, -0.05) is 0 Å². The van der Waals surface area contributed by atoms with Crippen LogP contribution >= 0.6 is 0 Å². The number of amides is 2. The zero-order valence-corrected chi connectivity index (χ0v) is 13.4. The molecule has 1 aliphatic rings. The number of carbonyl (C=O) groups excluding carboxylic acids is 1. The normalized spacial score (nSPS) is 15.8. The molecule has 1 aliphatic heterocycles. The highest BCUT2D eigenvalue weighted by Gasteiger charge is 2.20. The quantitative estimate of drug-likeness (QED) is 0.916. The third-order valence-corrected chi connectivity index (χ3v) is 4.83. The van der Waals surface area contributed by atoms with Gasteiger partial charge in [0, 0.05) is 48.5 Å². The number of aromatic nitrogens is 1. The number of anilines is 2. The van der Waals surface area contributed by atoms with E-state index in [2.05, 4.69) is 29.0 Å². The van der Waals surface area contributed by atoms with E-state index in [1.165, 1.54) is 0 Å². The molecule has 6 nitrogen and oxygen atoms in total. The molecule has 2 heterocycles. The van der Waals surface area contributed by atoms with Crippen LogP contribution in [0, 0.1) is 0 Å². The smallest absolute Gasteiger partial charge is 0.321 e. The van der Waals surface area contributed by atoms with Crippen LogP contribution in [-0.2, 0) is 10.8 Å². The Hall–Kier alpha value is -1.63. The monoisotopic (exact) mass is 310 g/mol. The molecular formula is C14H22N4O2S. The summed E-state index contributed by atoms with van der Waals surface area (Å²) in [4.78, 5) is 20.3. The van der Waals surface area contributed by atoms with Crippen LogP contribution < -0.4 is 10.2 Å². The van der Waals surface area contributed by atoms with Crippen LogP contribution in [0.15, 0.2) is 18.3 Å². The molecule has 7 heteroatoms. The summed E-state index contributed by atoms with van der Waals surface area (Å²) in [6.07, 6.45) is 1.67. The van der Waals surface area contributed by atoms with Crippen LogP contribution in [-0.4, -0.2) is 57.8 Å². The fourth-order valence-corrected chi connectivity index (χ4v) is 3.29. The SMILES string of the molecule is CCN(CC)c1ccc(NC(=O)N2CCS(=O)CC2)cn1. The molecule has 0 bridgehead atoms. The minimum atomic E-state index is -0.774. The van der Waals surface area contributed by atoms with Crippen LogP contribution in [0.25, 0.3) is 0 Å². The summed E-state index contributed by atoms with van der Waals surface area (Å²) in [5.74, 6) is 2.03. The second-order valence-corrected chi connectivity index (χ2v) is 6.54. The molecule has 2 rings (SSSR count). The number of rotatable bonds is 4. The number of nitrogens with zero attached hydrogens (tertiary/aromatic N) is 3. The summed E-state index contributed by atoms with van der Waals surface area (Å²) in [6.45, 7) is 7.06. The van der Waals surface area contributed by atoms with E-state index in [4.69, 9.17) is 0 Å². The maximum atomic E-state index is 12.1. The molecule has 2 amide bonds. The third kappa shape index (κ3) is 4.17. The molecule has 0 radical (unpaired) electrons. The first-order chi connectivity index (χ1) is 10.1. The molecule has 0 aromatic carbocycles. The van der Waals surface area contributed by atoms with Gasteiger partial charge in [0.1, 0.15) is 5.82 Å². The molecule has 1 fully saturated rings. The molecule has 0 spiro atoms. The fraction of sp³-hybridized carbons (Fsp3) is 0.571. The average molecular weight is 310 g/mol. The van der Waals surface area contributed by atoms with E-state index in [-0.39, 0.29) is 6.03 Å². The minimum Gasteiger partial charge on any atom is -0.357 e. The van der Waals surface area contributed by atoms with E-state index in [9.17, 15) is 9.00 Å². The topological polar surface area (TPSA) is 65.5 Å². The van der Waals surface area contributed by atoms with Crippen LogP contribution in [0.1, 0.15) is 13.8 Å². The van der Waals surface area contributed by atoms with E-state index in [1.807, 2.05) is 12.1 Å². The Morgan fingerprint density at radius 2 is 2.00 bits per heavy atom.